The van der Waals surface area contributed by atoms with E-state index in [-0.39, 0.29) is 17.9 Å². The van der Waals surface area contributed by atoms with E-state index in [9.17, 15) is 9.59 Å². The fourth-order valence-corrected chi connectivity index (χ4v) is 4.59. The molecule has 2 fully saturated rings. The van der Waals surface area contributed by atoms with Crippen molar-refractivity contribution < 1.29 is 14.3 Å². The third-order valence-corrected chi connectivity index (χ3v) is 6.11. The zero-order valence-corrected chi connectivity index (χ0v) is 17.3. The monoisotopic (exact) mass is 407 g/mol. The molecule has 2 aliphatic rings. The highest BCUT2D eigenvalue weighted by molar-refractivity contribution is 6.31. The van der Waals surface area contributed by atoms with Gasteiger partial charge in [-0.25, -0.2) is 0 Å². The van der Waals surface area contributed by atoms with Crippen molar-refractivity contribution >= 4 is 23.4 Å². The van der Waals surface area contributed by atoms with E-state index in [0.29, 0.717) is 37.6 Å². The fraction of sp³-hybridized carbons (Fsp3) is 0.619. The lowest BCUT2D eigenvalue weighted by Crippen LogP contribution is -2.60. The summed E-state index contributed by atoms with van der Waals surface area (Å²) < 4.78 is 5.49. The number of benzene rings is 1. The van der Waals surface area contributed by atoms with Crippen LogP contribution in [0.3, 0.4) is 0 Å². The number of morpholine rings is 1. The Morgan fingerprint density at radius 2 is 1.86 bits per heavy atom. The number of nitrogens with zero attached hydrogens (tertiary/aromatic N) is 1. The number of nitrogens with one attached hydrogen (secondary N) is 2. The number of carbonyl (C=O) groups is 2. The highest BCUT2D eigenvalue weighted by atomic mass is 35.5. The van der Waals surface area contributed by atoms with Gasteiger partial charge in [0.1, 0.15) is 5.54 Å². The van der Waals surface area contributed by atoms with Gasteiger partial charge in [0, 0.05) is 31.6 Å². The zero-order chi connectivity index (χ0) is 20.0. The number of halogens is 1. The molecule has 0 bridgehead atoms. The summed E-state index contributed by atoms with van der Waals surface area (Å²) in [6.07, 6.45) is 4.38. The molecule has 1 saturated carbocycles. The van der Waals surface area contributed by atoms with Gasteiger partial charge in [0.15, 0.2) is 0 Å². The van der Waals surface area contributed by atoms with Gasteiger partial charge < -0.3 is 15.4 Å². The van der Waals surface area contributed by atoms with Crippen molar-refractivity contribution in [3.8, 4) is 0 Å². The van der Waals surface area contributed by atoms with Gasteiger partial charge in [-0.05, 0) is 24.5 Å². The minimum Gasteiger partial charge on any atom is -0.379 e. The maximum absolute atomic E-state index is 13.2. The van der Waals surface area contributed by atoms with E-state index in [1.807, 2.05) is 24.3 Å². The average Bonchev–Trinajstić information content (AvgIpc) is 2.70. The lowest BCUT2D eigenvalue weighted by molar-refractivity contribution is -0.134. The molecule has 1 heterocycles. The normalized spacial score (nSPS) is 20.9. The first-order valence-corrected chi connectivity index (χ1v) is 10.5. The van der Waals surface area contributed by atoms with Crippen LogP contribution in [0.1, 0.15) is 50.6 Å². The smallest absolute Gasteiger partial charge is 0.245 e. The number of amides is 2. The topological polar surface area (TPSA) is 70.7 Å². The lowest BCUT2D eigenvalue weighted by Gasteiger charge is -2.38. The third kappa shape index (κ3) is 5.04. The summed E-state index contributed by atoms with van der Waals surface area (Å²) in [5.74, 6) is -0.249. The van der Waals surface area contributed by atoms with Crippen molar-refractivity contribution in [3.63, 3.8) is 0 Å². The van der Waals surface area contributed by atoms with Gasteiger partial charge in [-0.2, -0.15) is 0 Å². The Bertz CT molecular complexity index is 685. The molecule has 2 N–H and O–H groups in total. The molecule has 2 amide bonds. The summed E-state index contributed by atoms with van der Waals surface area (Å²) in [4.78, 5) is 27.2. The van der Waals surface area contributed by atoms with Crippen molar-refractivity contribution in [2.75, 3.05) is 32.8 Å². The summed E-state index contributed by atoms with van der Waals surface area (Å²) in [5.41, 5.74) is 0.212. The van der Waals surface area contributed by atoms with E-state index < -0.39 is 5.54 Å². The SMILES string of the molecule is CC(=O)NC1(C(=O)NCC(c2ccccc2Cl)N2CCOCC2)CCCCC1. The highest BCUT2D eigenvalue weighted by Gasteiger charge is 2.40. The zero-order valence-electron chi connectivity index (χ0n) is 16.5. The molecule has 1 saturated heterocycles. The second-order valence-corrected chi connectivity index (χ2v) is 8.13. The summed E-state index contributed by atoms with van der Waals surface area (Å²) >= 11 is 6.47. The van der Waals surface area contributed by atoms with Gasteiger partial charge in [0.25, 0.3) is 0 Å². The summed E-state index contributed by atoms with van der Waals surface area (Å²) in [7, 11) is 0. The van der Waals surface area contributed by atoms with Crippen LogP contribution in [0.2, 0.25) is 5.02 Å². The highest BCUT2D eigenvalue weighted by Crippen LogP contribution is 2.30. The molecule has 154 valence electrons. The summed E-state index contributed by atoms with van der Waals surface area (Å²) in [6, 6.07) is 7.75. The molecular weight excluding hydrogens is 378 g/mol. The van der Waals surface area contributed by atoms with Crippen LogP contribution >= 0.6 is 11.6 Å². The first-order chi connectivity index (χ1) is 13.5. The molecule has 1 atom stereocenters. The van der Waals surface area contributed by atoms with Gasteiger partial charge in [0.05, 0.1) is 19.3 Å². The molecule has 1 aromatic carbocycles. The molecule has 6 nitrogen and oxygen atoms in total. The number of rotatable bonds is 6. The third-order valence-electron chi connectivity index (χ3n) is 5.76. The summed E-state index contributed by atoms with van der Waals surface area (Å²) in [6.45, 7) is 4.86. The van der Waals surface area contributed by atoms with E-state index in [4.69, 9.17) is 16.3 Å². The maximum Gasteiger partial charge on any atom is 0.245 e. The molecule has 1 aliphatic carbocycles. The number of hydrogen-bond donors (Lipinski definition) is 2. The molecule has 1 aliphatic heterocycles. The molecule has 0 aromatic heterocycles. The molecule has 1 aromatic rings. The predicted molar refractivity (Wildman–Crippen MR) is 109 cm³/mol. The van der Waals surface area contributed by atoms with Crippen LogP contribution in [-0.4, -0.2) is 55.1 Å². The summed E-state index contributed by atoms with van der Waals surface area (Å²) in [5, 5.41) is 6.76. The van der Waals surface area contributed by atoms with Crippen LogP contribution in [0, 0.1) is 0 Å². The van der Waals surface area contributed by atoms with Crippen LogP contribution < -0.4 is 10.6 Å². The molecule has 1 unspecified atom stereocenters. The first kappa shape index (κ1) is 21.1. The molecule has 7 heteroatoms. The largest absolute Gasteiger partial charge is 0.379 e. The Balaban J connectivity index is 1.75. The van der Waals surface area contributed by atoms with Crippen LogP contribution in [0.15, 0.2) is 24.3 Å². The minimum absolute atomic E-state index is 0.0282. The van der Waals surface area contributed by atoms with Crippen LogP contribution in [0.4, 0.5) is 0 Å². The Morgan fingerprint density at radius 3 is 2.50 bits per heavy atom. The van der Waals surface area contributed by atoms with E-state index >= 15 is 0 Å². The number of hydrogen-bond acceptors (Lipinski definition) is 4. The Labute approximate surface area is 171 Å². The maximum atomic E-state index is 13.2. The quantitative estimate of drug-likeness (QED) is 0.760. The second kappa shape index (κ2) is 9.72. The van der Waals surface area contributed by atoms with Crippen molar-refractivity contribution in [2.24, 2.45) is 0 Å². The van der Waals surface area contributed by atoms with Crippen molar-refractivity contribution in [1.29, 1.82) is 0 Å². The fourth-order valence-electron chi connectivity index (χ4n) is 4.33. The van der Waals surface area contributed by atoms with E-state index in [1.165, 1.54) is 6.92 Å². The van der Waals surface area contributed by atoms with Crippen LogP contribution in [0.25, 0.3) is 0 Å². The van der Waals surface area contributed by atoms with Crippen molar-refractivity contribution in [1.82, 2.24) is 15.5 Å². The van der Waals surface area contributed by atoms with Gasteiger partial charge >= 0.3 is 0 Å². The standard InChI is InChI=1S/C21H30ClN3O3/c1-16(26)24-21(9-5-2-6-10-21)20(27)23-15-19(25-11-13-28-14-12-25)17-7-3-4-8-18(17)22/h3-4,7-8,19H,2,5-6,9-15H2,1H3,(H,23,27)(H,24,26). The van der Waals surface area contributed by atoms with Gasteiger partial charge in [-0.1, -0.05) is 49.1 Å². The second-order valence-electron chi connectivity index (χ2n) is 7.72. The number of ether oxygens (including phenoxy) is 1. The van der Waals surface area contributed by atoms with E-state index in [1.54, 1.807) is 0 Å². The van der Waals surface area contributed by atoms with Crippen molar-refractivity contribution in [3.05, 3.63) is 34.9 Å². The van der Waals surface area contributed by atoms with E-state index in [0.717, 1.165) is 37.9 Å². The lowest BCUT2D eigenvalue weighted by atomic mass is 9.80. The Morgan fingerprint density at radius 1 is 1.18 bits per heavy atom. The van der Waals surface area contributed by atoms with Crippen molar-refractivity contribution in [2.45, 2.75) is 50.6 Å². The molecule has 28 heavy (non-hydrogen) atoms. The number of carbonyl (C=O) groups excluding carboxylic acids is 2. The van der Waals surface area contributed by atoms with Gasteiger partial charge in [-0.15, -0.1) is 0 Å². The van der Waals surface area contributed by atoms with Crippen LogP contribution in [0.5, 0.6) is 0 Å². The van der Waals surface area contributed by atoms with Gasteiger partial charge in [-0.3, -0.25) is 14.5 Å². The average molecular weight is 408 g/mol. The van der Waals surface area contributed by atoms with Gasteiger partial charge in [0.2, 0.25) is 11.8 Å². The Kier molecular flexibility index (Phi) is 7.32. The molecule has 0 spiro atoms. The Hall–Kier alpha value is -1.63. The minimum atomic E-state index is -0.792. The molecular formula is C21H30ClN3O3. The first-order valence-electron chi connectivity index (χ1n) is 10.2. The van der Waals surface area contributed by atoms with E-state index in [2.05, 4.69) is 15.5 Å². The molecule has 0 radical (unpaired) electrons. The van der Waals surface area contributed by atoms with Crippen LogP contribution in [-0.2, 0) is 14.3 Å². The predicted octanol–water partition coefficient (Wildman–Crippen LogP) is 2.67. The molecule has 3 rings (SSSR count).